The standard InChI is InChI=1S/C11H16O2Si/c1-14(2)12-6-7-5-8-3-4-9-10(7)11(8,9)13-14/h3-4,7-10H,5-6H2,1-2H3. The summed E-state index contributed by atoms with van der Waals surface area (Å²) in [5.74, 6) is 3.07. The zero-order valence-electron chi connectivity index (χ0n) is 8.69. The summed E-state index contributed by atoms with van der Waals surface area (Å²) >= 11 is 0. The average Bonchev–Trinajstić information content (AvgIpc) is 2.57. The van der Waals surface area contributed by atoms with Gasteiger partial charge in [0.2, 0.25) is 0 Å². The Morgan fingerprint density at radius 1 is 1.36 bits per heavy atom. The van der Waals surface area contributed by atoms with Gasteiger partial charge in [-0.2, -0.15) is 0 Å². The van der Waals surface area contributed by atoms with Gasteiger partial charge in [0.25, 0.3) is 0 Å². The van der Waals surface area contributed by atoms with E-state index in [0.29, 0.717) is 0 Å². The molecule has 5 unspecified atom stereocenters. The van der Waals surface area contributed by atoms with Crippen molar-refractivity contribution < 1.29 is 8.85 Å². The molecular formula is C11H16O2Si. The number of rotatable bonds is 0. The third-order valence-corrected chi connectivity index (χ3v) is 6.29. The zero-order valence-corrected chi connectivity index (χ0v) is 9.69. The van der Waals surface area contributed by atoms with E-state index >= 15 is 0 Å². The topological polar surface area (TPSA) is 18.5 Å². The van der Waals surface area contributed by atoms with Crippen molar-refractivity contribution in [2.24, 2.45) is 23.7 Å². The van der Waals surface area contributed by atoms with Crippen LogP contribution in [0.2, 0.25) is 13.1 Å². The Morgan fingerprint density at radius 2 is 2.21 bits per heavy atom. The maximum Gasteiger partial charge on any atom is 0.332 e. The maximum absolute atomic E-state index is 6.39. The molecule has 0 aromatic carbocycles. The molecule has 4 aliphatic rings. The molecule has 14 heavy (non-hydrogen) atoms. The molecule has 0 radical (unpaired) electrons. The predicted molar refractivity (Wildman–Crippen MR) is 55.0 cm³/mol. The molecule has 2 saturated carbocycles. The Morgan fingerprint density at radius 3 is 3.00 bits per heavy atom. The summed E-state index contributed by atoms with van der Waals surface area (Å²) in [5, 5.41) is 0. The van der Waals surface area contributed by atoms with E-state index in [1.165, 1.54) is 6.42 Å². The minimum Gasteiger partial charge on any atom is -0.394 e. The van der Waals surface area contributed by atoms with Crippen molar-refractivity contribution in [1.82, 2.24) is 0 Å². The second kappa shape index (κ2) is 2.03. The van der Waals surface area contributed by atoms with Crippen LogP contribution in [0.5, 0.6) is 0 Å². The summed E-state index contributed by atoms with van der Waals surface area (Å²) in [6, 6.07) is 0. The first-order valence-electron chi connectivity index (χ1n) is 5.66. The summed E-state index contributed by atoms with van der Waals surface area (Å²) in [6.07, 6.45) is 6.12. The van der Waals surface area contributed by atoms with Crippen molar-refractivity contribution in [3.05, 3.63) is 12.2 Å². The van der Waals surface area contributed by atoms with Gasteiger partial charge in [-0.25, -0.2) is 0 Å². The van der Waals surface area contributed by atoms with Crippen LogP contribution >= 0.6 is 0 Å². The van der Waals surface area contributed by atoms with E-state index in [9.17, 15) is 0 Å². The lowest BCUT2D eigenvalue weighted by atomic mass is 9.98. The first kappa shape index (κ1) is 8.08. The van der Waals surface area contributed by atoms with Crippen molar-refractivity contribution in [2.75, 3.05) is 6.61 Å². The van der Waals surface area contributed by atoms with Gasteiger partial charge < -0.3 is 8.85 Å². The van der Waals surface area contributed by atoms with Crippen LogP contribution < -0.4 is 0 Å². The Labute approximate surface area is 85.5 Å². The first-order valence-corrected chi connectivity index (χ1v) is 8.47. The highest BCUT2D eigenvalue weighted by molar-refractivity contribution is 6.64. The maximum atomic E-state index is 6.39. The van der Waals surface area contributed by atoms with E-state index < -0.39 is 8.56 Å². The second-order valence-corrected chi connectivity index (χ2v) is 9.00. The molecule has 3 fully saturated rings. The predicted octanol–water partition coefficient (Wildman–Crippen LogP) is 1.93. The largest absolute Gasteiger partial charge is 0.394 e. The highest BCUT2D eigenvalue weighted by Crippen LogP contribution is 2.74. The lowest BCUT2D eigenvalue weighted by Crippen LogP contribution is -2.43. The van der Waals surface area contributed by atoms with Crippen LogP contribution in [0.15, 0.2) is 12.2 Å². The van der Waals surface area contributed by atoms with Crippen molar-refractivity contribution in [1.29, 1.82) is 0 Å². The van der Waals surface area contributed by atoms with Crippen LogP contribution in [0.1, 0.15) is 6.42 Å². The fraction of sp³-hybridized carbons (Fsp3) is 0.818. The van der Waals surface area contributed by atoms with Gasteiger partial charge in [0.05, 0.1) is 5.60 Å². The highest BCUT2D eigenvalue weighted by Gasteiger charge is 2.78. The molecule has 1 spiro atoms. The van der Waals surface area contributed by atoms with Gasteiger partial charge in [0.1, 0.15) is 0 Å². The summed E-state index contributed by atoms with van der Waals surface area (Å²) in [5.41, 5.74) is 0.233. The minimum atomic E-state index is -1.81. The molecule has 0 amide bonds. The molecule has 1 heterocycles. The fourth-order valence-corrected chi connectivity index (χ4v) is 6.10. The van der Waals surface area contributed by atoms with Gasteiger partial charge in [-0.15, -0.1) is 0 Å². The molecule has 0 aromatic heterocycles. The molecule has 4 rings (SSSR count). The van der Waals surface area contributed by atoms with E-state index in [-0.39, 0.29) is 5.60 Å². The van der Waals surface area contributed by atoms with Crippen molar-refractivity contribution in [2.45, 2.75) is 25.1 Å². The van der Waals surface area contributed by atoms with E-state index in [2.05, 4.69) is 25.2 Å². The van der Waals surface area contributed by atoms with Crippen molar-refractivity contribution in [3.63, 3.8) is 0 Å². The molecule has 2 bridgehead atoms. The number of hydrogen-bond acceptors (Lipinski definition) is 2. The second-order valence-electron chi connectivity index (χ2n) is 5.71. The summed E-state index contributed by atoms with van der Waals surface area (Å²) in [7, 11) is -1.81. The molecule has 5 atom stereocenters. The molecule has 3 aliphatic carbocycles. The third kappa shape index (κ3) is 0.698. The quantitative estimate of drug-likeness (QED) is 0.447. The third-order valence-electron chi connectivity index (χ3n) is 4.58. The zero-order chi connectivity index (χ0) is 9.55. The Hall–Kier alpha value is -0.123. The minimum absolute atomic E-state index is 0.233. The molecule has 0 aromatic rings. The lowest BCUT2D eigenvalue weighted by Gasteiger charge is -2.32. The summed E-state index contributed by atoms with van der Waals surface area (Å²) < 4.78 is 12.3. The van der Waals surface area contributed by atoms with Crippen molar-refractivity contribution >= 4 is 8.56 Å². The van der Waals surface area contributed by atoms with Crippen LogP contribution in [0.3, 0.4) is 0 Å². The van der Waals surface area contributed by atoms with Gasteiger partial charge >= 0.3 is 8.56 Å². The molecular weight excluding hydrogens is 192 g/mol. The van der Waals surface area contributed by atoms with Crippen LogP contribution in [0.25, 0.3) is 0 Å². The normalized spacial score (nSPS) is 61.0. The fourth-order valence-electron chi connectivity index (χ4n) is 4.15. The van der Waals surface area contributed by atoms with Crippen LogP contribution in [0, 0.1) is 23.7 Å². The molecule has 1 saturated heterocycles. The SMILES string of the molecule is C[Si]1(C)OCC2CC3C=CC4C2C34O1. The summed E-state index contributed by atoms with van der Waals surface area (Å²) in [6.45, 7) is 5.34. The summed E-state index contributed by atoms with van der Waals surface area (Å²) in [4.78, 5) is 0. The Kier molecular flexibility index (Phi) is 1.17. The van der Waals surface area contributed by atoms with E-state index in [1.54, 1.807) is 0 Å². The van der Waals surface area contributed by atoms with Crippen molar-refractivity contribution in [3.8, 4) is 0 Å². The molecule has 2 nitrogen and oxygen atoms in total. The average molecular weight is 208 g/mol. The van der Waals surface area contributed by atoms with Crippen LogP contribution in [-0.2, 0) is 8.85 Å². The van der Waals surface area contributed by atoms with Gasteiger partial charge in [0.15, 0.2) is 0 Å². The molecule has 1 aliphatic heterocycles. The highest BCUT2D eigenvalue weighted by atomic mass is 28.4. The van der Waals surface area contributed by atoms with Gasteiger partial charge in [-0.1, -0.05) is 12.2 Å². The lowest BCUT2D eigenvalue weighted by molar-refractivity contribution is 0.0700. The smallest absolute Gasteiger partial charge is 0.332 e. The molecule has 3 heteroatoms. The Balaban J connectivity index is 1.79. The molecule has 76 valence electrons. The van der Waals surface area contributed by atoms with Gasteiger partial charge in [-0.05, 0) is 25.4 Å². The number of hydrogen-bond donors (Lipinski definition) is 0. The van der Waals surface area contributed by atoms with E-state index in [4.69, 9.17) is 8.85 Å². The van der Waals surface area contributed by atoms with Gasteiger partial charge in [-0.3, -0.25) is 0 Å². The Bertz CT molecular complexity index is 338. The van der Waals surface area contributed by atoms with E-state index in [0.717, 1.165) is 30.3 Å². The monoisotopic (exact) mass is 208 g/mol. The van der Waals surface area contributed by atoms with E-state index in [1.807, 2.05) is 0 Å². The molecule has 0 N–H and O–H groups in total. The van der Waals surface area contributed by atoms with Crippen LogP contribution in [0.4, 0.5) is 0 Å². The van der Waals surface area contributed by atoms with Crippen LogP contribution in [-0.4, -0.2) is 20.8 Å². The van der Waals surface area contributed by atoms with Gasteiger partial charge in [0, 0.05) is 24.4 Å². The first-order chi connectivity index (χ1) is 6.63.